The van der Waals surface area contributed by atoms with Crippen LogP contribution in [-0.4, -0.2) is 21.8 Å². The SMILES string of the molecule is COc1ccc(Cl)cc1-n1c(C)cc([C@@H]2[C@@H](c3ccccn3)NC(=S)N2c2ccc(Oc3ccccc3C)cc2)c1C. The van der Waals surface area contributed by atoms with Gasteiger partial charge < -0.3 is 24.3 Å². The van der Waals surface area contributed by atoms with Crippen molar-refractivity contribution in [3.8, 4) is 22.9 Å². The molecule has 1 saturated heterocycles. The molecule has 2 aromatic heterocycles. The van der Waals surface area contributed by atoms with Crippen molar-refractivity contribution in [2.24, 2.45) is 0 Å². The molecular formula is C34H31ClN4O2S. The Labute approximate surface area is 256 Å². The average Bonchev–Trinajstić information content (AvgIpc) is 3.49. The standard InChI is InChI=1S/C34H31ClN4O2S/c1-21-9-5-6-11-30(21)41-26-15-13-25(14-16-26)39-33(32(37-34(39)42)28-10-7-8-18-36-28)27-19-22(2)38(23(27)3)29-20-24(35)12-17-31(29)40-4/h5-20,32-33H,1-4H3,(H,37,42)/t32-,33-/m1/s1. The van der Waals surface area contributed by atoms with Crippen LogP contribution in [0.15, 0.2) is 97.2 Å². The van der Waals surface area contributed by atoms with Gasteiger partial charge in [0.05, 0.1) is 30.6 Å². The number of nitrogens with zero attached hydrogens (tertiary/aromatic N) is 3. The number of thiocarbonyl (C=S) groups is 1. The molecule has 0 unspecified atom stereocenters. The molecule has 212 valence electrons. The summed E-state index contributed by atoms with van der Waals surface area (Å²) in [6, 6.07) is 29.6. The Bertz CT molecular complexity index is 1750. The van der Waals surface area contributed by atoms with Gasteiger partial charge in [-0.05, 0) is 111 Å². The number of para-hydroxylation sites is 1. The fourth-order valence-corrected chi connectivity index (χ4v) is 6.23. The van der Waals surface area contributed by atoms with Gasteiger partial charge in [-0.3, -0.25) is 4.98 Å². The van der Waals surface area contributed by atoms with Crippen molar-refractivity contribution in [1.29, 1.82) is 0 Å². The van der Waals surface area contributed by atoms with Gasteiger partial charge >= 0.3 is 0 Å². The molecule has 0 bridgehead atoms. The first-order valence-electron chi connectivity index (χ1n) is 13.7. The number of halogens is 1. The molecule has 0 aliphatic carbocycles. The molecule has 1 aliphatic rings. The average molecular weight is 595 g/mol. The molecule has 8 heteroatoms. The van der Waals surface area contributed by atoms with Crippen LogP contribution in [0.25, 0.3) is 5.69 Å². The fourth-order valence-electron chi connectivity index (χ4n) is 5.72. The highest BCUT2D eigenvalue weighted by Crippen LogP contribution is 2.44. The van der Waals surface area contributed by atoms with Gasteiger partial charge in [0.25, 0.3) is 0 Å². The molecule has 6 rings (SSSR count). The Morgan fingerprint density at radius 3 is 2.36 bits per heavy atom. The number of rotatable bonds is 7. The molecule has 1 fully saturated rings. The molecule has 0 saturated carbocycles. The number of ether oxygens (including phenoxy) is 2. The molecular weight excluding hydrogens is 564 g/mol. The summed E-state index contributed by atoms with van der Waals surface area (Å²) in [4.78, 5) is 6.89. The van der Waals surface area contributed by atoms with E-state index >= 15 is 0 Å². The van der Waals surface area contributed by atoms with Gasteiger partial charge in [-0.2, -0.15) is 0 Å². The highest BCUT2D eigenvalue weighted by molar-refractivity contribution is 7.80. The minimum Gasteiger partial charge on any atom is -0.495 e. The topological polar surface area (TPSA) is 51.5 Å². The number of anilines is 1. The van der Waals surface area contributed by atoms with Crippen molar-refractivity contribution in [2.75, 3.05) is 12.0 Å². The predicted octanol–water partition coefficient (Wildman–Crippen LogP) is 8.43. The van der Waals surface area contributed by atoms with E-state index in [4.69, 9.17) is 38.3 Å². The molecule has 0 radical (unpaired) electrons. The van der Waals surface area contributed by atoms with E-state index < -0.39 is 0 Å². The maximum absolute atomic E-state index is 6.44. The number of methoxy groups -OCH3 is 1. The van der Waals surface area contributed by atoms with Crippen LogP contribution in [-0.2, 0) is 0 Å². The summed E-state index contributed by atoms with van der Waals surface area (Å²) in [6.07, 6.45) is 1.82. The fraction of sp³-hybridized carbons (Fsp3) is 0.176. The molecule has 3 heterocycles. The number of aromatic nitrogens is 2. The summed E-state index contributed by atoms with van der Waals surface area (Å²) in [5, 5.41) is 4.84. The predicted molar refractivity (Wildman–Crippen MR) is 172 cm³/mol. The van der Waals surface area contributed by atoms with Crippen molar-refractivity contribution in [3.05, 3.63) is 130 Å². The Balaban J connectivity index is 1.44. The van der Waals surface area contributed by atoms with Crippen LogP contribution in [0.1, 0.15) is 40.3 Å². The zero-order chi connectivity index (χ0) is 29.4. The van der Waals surface area contributed by atoms with Gasteiger partial charge in [0.15, 0.2) is 5.11 Å². The lowest BCUT2D eigenvalue weighted by Crippen LogP contribution is -2.29. The van der Waals surface area contributed by atoms with Crippen LogP contribution in [0, 0.1) is 20.8 Å². The van der Waals surface area contributed by atoms with Crippen molar-refractivity contribution in [3.63, 3.8) is 0 Å². The summed E-state index contributed by atoms with van der Waals surface area (Å²) in [6.45, 7) is 6.25. The van der Waals surface area contributed by atoms with Crippen LogP contribution in [0.4, 0.5) is 5.69 Å². The molecule has 1 aliphatic heterocycles. The van der Waals surface area contributed by atoms with E-state index in [9.17, 15) is 0 Å². The van der Waals surface area contributed by atoms with Gasteiger partial charge in [0.2, 0.25) is 0 Å². The van der Waals surface area contributed by atoms with Gasteiger partial charge in [-0.15, -0.1) is 0 Å². The zero-order valence-electron chi connectivity index (χ0n) is 23.8. The Morgan fingerprint density at radius 2 is 1.64 bits per heavy atom. The first kappa shape index (κ1) is 27.8. The number of hydrogen-bond donors (Lipinski definition) is 1. The normalized spacial score (nSPS) is 16.4. The largest absolute Gasteiger partial charge is 0.495 e. The van der Waals surface area contributed by atoms with Crippen LogP contribution in [0.2, 0.25) is 5.02 Å². The van der Waals surface area contributed by atoms with Gasteiger partial charge in [-0.1, -0.05) is 35.9 Å². The Morgan fingerprint density at radius 1 is 0.881 bits per heavy atom. The lowest BCUT2D eigenvalue weighted by atomic mass is 9.96. The minimum absolute atomic E-state index is 0.166. The number of benzene rings is 3. The highest BCUT2D eigenvalue weighted by atomic mass is 35.5. The van der Waals surface area contributed by atoms with E-state index in [1.807, 2.05) is 85.9 Å². The molecule has 1 N–H and O–H groups in total. The van der Waals surface area contributed by atoms with Crippen LogP contribution in [0.3, 0.4) is 0 Å². The van der Waals surface area contributed by atoms with E-state index in [2.05, 4.69) is 46.8 Å². The molecule has 0 amide bonds. The third-order valence-corrected chi connectivity index (χ3v) is 8.25. The van der Waals surface area contributed by atoms with Crippen LogP contribution in [0.5, 0.6) is 17.2 Å². The summed E-state index contributed by atoms with van der Waals surface area (Å²) in [5.74, 6) is 2.34. The molecule has 42 heavy (non-hydrogen) atoms. The zero-order valence-corrected chi connectivity index (χ0v) is 25.4. The molecule has 3 aromatic carbocycles. The van der Waals surface area contributed by atoms with E-state index in [1.165, 1.54) is 0 Å². The van der Waals surface area contributed by atoms with Gasteiger partial charge in [0.1, 0.15) is 17.2 Å². The molecule has 6 nitrogen and oxygen atoms in total. The van der Waals surface area contributed by atoms with Crippen molar-refractivity contribution in [2.45, 2.75) is 32.9 Å². The third-order valence-electron chi connectivity index (χ3n) is 7.71. The molecule has 5 aromatic rings. The van der Waals surface area contributed by atoms with Crippen molar-refractivity contribution >= 4 is 34.6 Å². The van der Waals surface area contributed by atoms with Crippen LogP contribution >= 0.6 is 23.8 Å². The van der Waals surface area contributed by atoms with Crippen molar-refractivity contribution in [1.82, 2.24) is 14.9 Å². The summed E-state index contributed by atoms with van der Waals surface area (Å²) in [5.41, 5.74) is 7.08. The number of aryl methyl sites for hydroxylation is 2. The quantitative estimate of drug-likeness (QED) is 0.191. The summed E-state index contributed by atoms with van der Waals surface area (Å²) < 4.78 is 14.1. The summed E-state index contributed by atoms with van der Waals surface area (Å²) in [7, 11) is 1.67. The first-order chi connectivity index (χ1) is 20.4. The van der Waals surface area contributed by atoms with E-state index in [1.54, 1.807) is 7.11 Å². The second-order valence-corrected chi connectivity index (χ2v) is 11.2. The van der Waals surface area contributed by atoms with E-state index in [0.29, 0.717) is 10.1 Å². The van der Waals surface area contributed by atoms with E-state index in [0.717, 1.165) is 56.8 Å². The number of pyridine rings is 1. The molecule has 0 spiro atoms. The lowest BCUT2D eigenvalue weighted by Gasteiger charge is -2.28. The number of hydrogen-bond acceptors (Lipinski definition) is 4. The number of nitrogens with one attached hydrogen (secondary N) is 1. The maximum Gasteiger partial charge on any atom is 0.174 e. The second kappa shape index (κ2) is 11.5. The van der Waals surface area contributed by atoms with Crippen LogP contribution < -0.4 is 19.7 Å². The van der Waals surface area contributed by atoms with Gasteiger partial charge in [0, 0.05) is 28.3 Å². The minimum atomic E-state index is -0.170. The first-order valence-corrected chi connectivity index (χ1v) is 14.5. The van der Waals surface area contributed by atoms with Gasteiger partial charge in [-0.25, -0.2) is 0 Å². The Hall–Kier alpha value is -4.33. The highest BCUT2D eigenvalue weighted by Gasteiger charge is 2.42. The van der Waals surface area contributed by atoms with Crippen molar-refractivity contribution < 1.29 is 9.47 Å². The summed E-state index contributed by atoms with van der Waals surface area (Å²) >= 11 is 12.4. The smallest absolute Gasteiger partial charge is 0.174 e. The second-order valence-electron chi connectivity index (χ2n) is 10.3. The monoisotopic (exact) mass is 594 g/mol. The lowest BCUT2D eigenvalue weighted by molar-refractivity contribution is 0.412. The maximum atomic E-state index is 6.44. The van der Waals surface area contributed by atoms with E-state index in [-0.39, 0.29) is 12.1 Å². The molecule has 2 atom stereocenters. The Kier molecular flexibility index (Phi) is 7.62. The third kappa shape index (κ3) is 5.10.